The van der Waals surface area contributed by atoms with Crippen molar-refractivity contribution in [2.45, 2.75) is 32.3 Å². The van der Waals surface area contributed by atoms with Crippen molar-refractivity contribution < 1.29 is 9.90 Å². The third-order valence-electron chi connectivity index (χ3n) is 4.07. The minimum absolute atomic E-state index is 0.128. The van der Waals surface area contributed by atoms with Crippen LogP contribution in [0.4, 0.5) is 5.69 Å². The molecule has 0 radical (unpaired) electrons. The summed E-state index contributed by atoms with van der Waals surface area (Å²) in [7, 11) is 0. The van der Waals surface area contributed by atoms with E-state index in [2.05, 4.69) is 27.3 Å². The van der Waals surface area contributed by atoms with Crippen molar-refractivity contribution in [1.82, 2.24) is 0 Å². The predicted molar refractivity (Wildman–Crippen MR) is 91.2 cm³/mol. The predicted octanol–water partition coefficient (Wildman–Crippen LogP) is 4.38. The summed E-state index contributed by atoms with van der Waals surface area (Å²) in [6.45, 7) is 1.84. The lowest BCUT2D eigenvalue weighted by molar-refractivity contribution is 0.102. The summed E-state index contributed by atoms with van der Waals surface area (Å²) >= 11 is 3.39. The van der Waals surface area contributed by atoms with Crippen molar-refractivity contribution in [3.8, 4) is 0 Å². The minimum Gasteiger partial charge on any atom is -0.392 e. The molecule has 0 unspecified atom stereocenters. The Morgan fingerprint density at radius 2 is 2.09 bits per heavy atom. The Morgan fingerprint density at radius 3 is 2.73 bits per heavy atom. The maximum atomic E-state index is 12.5. The van der Waals surface area contributed by atoms with Crippen LogP contribution in [0.1, 0.15) is 45.8 Å². The van der Waals surface area contributed by atoms with Gasteiger partial charge in [-0.25, -0.2) is 0 Å². The van der Waals surface area contributed by atoms with E-state index in [4.69, 9.17) is 0 Å². The molecule has 1 aliphatic rings. The molecule has 2 aromatic carbocycles. The van der Waals surface area contributed by atoms with Gasteiger partial charge in [0.2, 0.25) is 0 Å². The van der Waals surface area contributed by atoms with Crippen LogP contribution in [0.25, 0.3) is 0 Å². The Labute approximate surface area is 138 Å². The highest BCUT2D eigenvalue weighted by Crippen LogP contribution is 2.40. The van der Waals surface area contributed by atoms with Crippen molar-refractivity contribution in [1.29, 1.82) is 0 Å². The van der Waals surface area contributed by atoms with Crippen molar-refractivity contribution in [2.24, 2.45) is 0 Å². The average molecular weight is 360 g/mol. The van der Waals surface area contributed by atoms with Gasteiger partial charge in [0.1, 0.15) is 0 Å². The van der Waals surface area contributed by atoms with Crippen LogP contribution in [0.3, 0.4) is 0 Å². The lowest BCUT2D eigenvalue weighted by Crippen LogP contribution is -2.15. The van der Waals surface area contributed by atoms with Gasteiger partial charge in [-0.3, -0.25) is 4.79 Å². The number of benzene rings is 2. The molecule has 2 N–H and O–H groups in total. The summed E-state index contributed by atoms with van der Waals surface area (Å²) in [6.07, 6.45) is 2.51. The maximum Gasteiger partial charge on any atom is 0.255 e. The number of rotatable bonds is 4. The standard InChI is InChI=1S/C18H18BrNO2/c1-11-9-13(12-5-6-12)7-8-14(11)18(22)20-17-4-2-3-16(19)15(17)10-21/h2-4,7-9,12,21H,5-6,10H2,1H3,(H,20,22). The molecule has 3 rings (SSSR count). The van der Waals surface area contributed by atoms with Crippen molar-refractivity contribution in [3.63, 3.8) is 0 Å². The molecule has 2 aromatic rings. The van der Waals surface area contributed by atoms with Crippen molar-refractivity contribution >= 4 is 27.5 Å². The Morgan fingerprint density at radius 1 is 1.32 bits per heavy atom. The Bertz CT molecular complexity index is 723. The third kappa shape index (κ3) is 3.08. The highest BCUT2D eigenvalue weighted by Gasteiger charge is 2.24. The van der Waals surface area contributed by atoms with Gasteiger partial charge in [-0.15, -0.1) is 0 Å². The van der Waals surface area contributed by atoms with Crippen LogP contribution in [-0.2, 0) is 6.61 Å². The van der Waals surface area contributed by atoms with Gasteiger partial charge < -0.3 is 10.4 Å². The molecule has 0 aromatic heterocycles. The average Bonchev–Trinajstić information content (AvgIpc) is 3.32. The molecular weight excluding hydrogens is 342 g/mol. The van der Waals surface area contributed by atoms with E-state index >= 15 is 0 Å². The van der Waals surface area contributed by atoms with Gasteiger partial charge in [0.15, 0.2) is 0 Å². The molecule has 0 saturated heterocycles. The molecule has 4 heteroatoms. The zero-order chi connectivity index (χ0) is 15.7. The summed E-state index contributed by atoms with van der Waals surface area (Å²) in [5, 5.41) is 12.4. The number of hydrogen-bond acceptors (Lipinski definition) is 2. The first kappa shape index (κ1) is 15.3. The number of aliphatic hydroxyl groups excluding tert-OH is 1. The van der Waals surface area contributed by atoms with Gasteiger partial charge in [-0.2, -0.15) is 0 Å². The summed E-state index contributed by atoms with van der Waals surface area (Å²) in [5.74, 6) is 0.537. The lowest BCUT2D eigenvalue weighted by atomic mass is 10.0. The quantitative estimate of drug-likeness (QED) is 0.850. The normalized spacial score (nSPS) is 14.0. The minimum atomic E-state index is -0.146. The van der Waals surface area contributed by atoms with Gasteiger partial charge in [-0.05, 0) is 55.0 Å². The molecule has 0 bridgehead atoms. The number of carbonyl (C=O) groups is 1. The molecule has 22 heavy (non-hydrogen) atoms. The number of aryl methyl sites for hydroxylation is 1. The van der Waals surface area contributed by atoms with Crippen LogP contribution in [0, 0.1) is 6.92 Å². The smallest absolute Gasteiger partial charge is 0.255 e. The van der Waals surface area contributed by atoms with Gasteiger partial charge in [0, 0.05) is 21.3 Å². The second-order valence-electron chi connectivity index (χ2n) is 5.73. The SMILES string of the molecule is Cc1cc(C2CC2)ccc1C(=O)Nc1cccc(Br)c1CO. The molecular formula is C18H18BrNO2. The number of halogens is 1. The van der Waals surface area contributed by atoms with E-state index < -0.39 is 0 Å². The van der Waals surface area contributed by atoms with Crippen LogP contribution < -0.4 is 5.32 Å². The number of aliphatic hydroxyl groups is 1. The molecule has 0 atom stereocenters. The monoisotopic (exact) mass is 359 g/mol. The van der Waals surface area contributed by atoms with Crippen molar-refractivity contribution in [3.05, 3.63) is 63.1 Å². The fraction of sp³-hybridized carbons (Fsp3) is 0.278. The van der Waals surface area contributed by atoms with Gasteiger partial charge in [-0.1, -0.05) is 34.1 Å². The Kier molecular flexibility index (Phi) is 4.32. The molecule has 1 aliphatic carbocycles. The van der Waals surface area contributed by atoms with Crippen LogP contribution in [-0.4, -0.2) is 11.0 Å². The molecule has 3 nitrogen and oxygen atoms in total. The van der Waals surface area contributed by atoms with E-state index in [0.29, 0.717) is 22.7 Å². The highest BCUT2D eigenvalue weighted by molar-refractivity contribution is 9.10. The molecule has 0 aliphatic heterocycles. The zero-order valence-electron chi connectivity index (χ0n) is 12.4. The molecule has 1 saturated carbocycles. The second-order valence-corrected chi connectivity index (χ2v) is 6.58. The molecule has 1 fully saturated rings. The number of carbonyl (C=O) groups excluding carboxylic acids is 1. The first-order valence-corrected chi connectivity index (χ1v) is 8.19. The number of amides is 1. The van der Waals surface area contributed by atoms with E-state index in [1.807, 2.05) is 31.2 Å². The zero-order valence-corrected chi connectivity index (χ0v) is 14.0. The van der Waals surface area contributed by atoms with Crippen LogP contribution in [0.2, 0.25) is 0 Å². The van der Waals surface area contributed by atoms with E-state index in [9.17, 15) is 9.90 Å². The fourth-order valence-corrected chi connectivity index (χ4v) is 3.13. The van der Waals surface area contributed by atoms with Crippen LogP contribution >= 0.6 is 15.9 Å². The summed E-state index contributed by atoms with van der Waals surface area (Å²) in [6, 6.07) is 11.5. The van der Waals surface area contributed by atoms with E-state index in [0.717, 1.165) is 10.0 Å². The number of anilines is 1. The Hall–Kier alpha value is -1.65. The molecule has 114 valence electrons. The molecule has 1 amide bonds. The summed E-state index contributed by atoms with van der Waals surface area (Å²) in [4.78, 5) is 12.5. The van der Waals surface area contributed by atoms with E-state index in [1.54, 1.807) is 6.07 Å². The van der Waals surface area contributed by atoms with E-state index in [1.165, 1.54) is 18.4 Å². The summed E-state index contributed by atoms with van der Waals surface area (Å²) < 4.78 is 0.786. The largest absolute Gasteiger partial charge is 0.392 e. The topological polar surface area (TPSA) is 49.3 Å². The van der Waals surface area contributed by atoms with Crippen LogP contribution in [0.15, 0.2) is 40.9 Å². The second kappa shape index (κ2) is 6.23. The lowest BCUT2D eigenvalue weighted by Gasteiger charge is -2.13. The van der Waals surface area contributed by atoms with Crippen molar-refractivity contribution in [2.75, 3.05) is 5.32 Å². The van der Waals surface area contributed by atoms with Gasteiger partial charge >= 0.3 is 0 Å². The first-order valence-electron chi connectivity index (χ1n) is 7.40. The first-order chi connectivity index (χ1) is 10.6. The highest BCUT2D eigenvalue weighted by atomic mass is 79.9. The maximum absolute atomic E-state index is 12.5. The van der Waals surface area contributed by atoms with Crippen LogP contribution in [0.5, 0.6) is 0 Å². The fourth-order valence-electron chi connectivity index (χ4n) is 2.64. The number of hydrogen-bond donors (Lipinski definition) is 2. The molecule has 0 heterocycles. The van der Waals surface area contributed by atoms with Gasteiger partial charge in [0.05, 0.1) is 6.61 Å². The van der Waals surface area contributed by atoms with E-state index in [-0.39, 0.29) is 12.5 Å². The molecule has 0 spiro atoms. The third-order valence-corrected chi connectivity index (χ3v) is 4.81. The van der Waals surface area contributed by atoms with Gasteiger partial charge in [0.25, 0.3) is 5.91 Å². The Balaban J connectivity index is 1.84. The summed E-state index contributed by atoms with van der Waals surface area (Å²) in [5.41, 5.74) is 4.30. The number of nitrogens with one attached hydrogen (secondary N) is 1.